The summed E-state index contributed by atoms with van der Waals surface area (Å²) in [5.74, 6) is -1.94. The van der Waals surface area contributed by atoms with Crippen LogP contribution in [0.1, 0.15) is 23.2 Å². The molecule has 0 unspecified atom stereocenters. The van der Waals surface area contributed by atoms with Crippen LogP contribution < -0.4 is 5.56 Å². The van der Waals surface area contributed by atoms with Crippen molar-refractivity contribution in [3.05, 3.63) is 70.8 Å². The Morgan fingerprint density at radius 3 is 2.71 bits per heavy atom. The molecule has 34 heavy (non-hydrogen) atoms. The van der Waals surface area contributed by atoms with E-state index < -0.39 is 18.0 Å². The van der Waals surface area contributed by atoms with E-state index >= 15 is 0 Å². The molecule has 0 saturated carbocycles. The number of rotatable bonds is 2. The average molecular weight is 466 g/mol. The van der Waals surface area contributed by atoms with Crippen molar-refractivity contribution < 1.29 is 18.0 Å². The number of fused-ring (bicyclic) bond motifs is 2. The summed E-state index contributed by atoms with van der Waals surface area (Å²) in [5.41, 5.74) is 2.55. The molecule has 0 aliphatic carbocycles. The van der Waals surface area contributed by atoms with Crippen molar-refractivity contribution >= 4 is 27.7 Å². The third-order valence-electron chi connectivity index (χ3n) is 6.34. The zero-order valence-corrected chi connectivity index (χ0v) is 18.3. The second-order valence-electron chi connectivity index (χ2n) is 8.62. The number of carbonyl (C=O) groups is 1. The predicted octanol–water partition coefficient (Wildman–Crippen LogP) is 4.56. The van der Waals surface area contributed by atoms with Crippen molar-refractivity contribution in [2.75, 3.05) is 13.1 Å². The molecule has 6 nitrogen and oxygen atoms in total. The number of hydrogen-bond acceptors (Lipinski definition) is 4. The van der Waals surface area contributed by atoms with E-state index in [9.17, 15) is 22.8 Å². The lowest BCUT2D eigenvalue weighted by Crippen LogP contribution is -2.44. The minimum absolute atomic E-state index is 0.0394. The van der Waals surface area contributed by atoms with Crippen LogP contribution in [0.5, 0.6) is 0 Å². The fourth-order valence-corrected chi connectivity index (χ4v) is 4.40. The number of aryl methyl sites for hydroxylation is 1. The normalized spacial score (nSPS) is 16.8. The van der Waals surface area contributed by atoms with Gasteiger partial charge in [0.05, 0.1) is 28.8 Å². The fourth-order valence-electron chi connectivity index (χ4n) is 4.40. The summed E-state index contributed by atoms with van der Waals surface area (Å²) < 4.78 is 41.0. The Hall–Kier alpha value is -3.75. The first-order valence-electron chi connectivity index (χ1n) is 10.9. The highest BCUT2D eigenvalue weighted by Crippen LogP contribution is 2.33. The summed E-state index contributed by atoms with van der Waals surface area (Å²) >= 11 is 0. The van der Waals surface area contributed by atoms with Gasteiger partial charge in [0.2, 0.25) is 0 Å². The second-order valence-corrected chi connectivity index (χ2v) is 8.62. The van der Waals surface area contributed by atoms with Crippen LogP contribution in [0, 0.1) is 5.92 Å². The summed E-state index contributed by atoms with van der Waals surface area (Å²) in [5, 5.41) is 1.37. The number of halogens is 3. The highest BCUT2D eigenvalue weighted by Gasteiger charge is 2.42. The number of piperidine rings is 1. The molecule has 0 N–H and O–H groups in total. The van der Waals surface area contributed by atoms with Gasteiger partial charge in [-0.3, -0.25) is 14.6 Å². The van der Waals surface area contributed by atoms with Gasteiger partial charge in [-0.05, 0) is 54.6 Å². The van der Waals surface area contributed by atoms with Crippen molar-refractivity contribution in [1.82, 2.24) is 19.4 Å². The van der Waals surface area contributed by atoms with E-state index in [0.717, 1.165) is 10.9 Å². The maximum absolute atomic E-state index is 13.2. The van der Waals surface area contributed by atoms with Gasteiger partial charge in [-0.15, -0.1) is 0 Å². The van der Waals surface area contributed by atoms with E-state index in [0.29, 0.717) is 35.1 Å². The van der Waals surface area contributed by atoms with Crippen LogP contribution in [0.4, 0.5) is 13.2 Å². The van der Waals surface area contributed by atoms with Gasteiger partial charge in [-0.25, -0.2) is 4.98 Å². The minimum Gasteiger partial charge on any atom is -0.338 e. The van der Waals surface area contributed by atoms with E-state index in [1.54, 1.807) is 49.8 Å². The van der Waals surface area contributed by atoms with E-state index in [1.807, 2.05) is 12.1 Å². The van der Waals surface area contributed by atoms with Crippen molar-refractivity contribution in [3.63, 3.8) is 0 Å². The summed E-state index contributed by atoms with van der Waals surface area (Å²) in [4.78, 5) is 35.6. The first kappa shape index (κ1) is 22.1. The molecule has 3 heterocycles. The van der Waals surface area contributed by atoms with Crippen LogP contribution in [0.2, 0.25) is 0 Å². The molecule has 1 atom stereocenters. The van der Waals surface area contributed by atoms with Gasteiger partial charge >= 0.3 is 6.18 Å². The highest BCUT2D eigenvalue weighted by molar-refractivity contribution is 5.97. The van der Waals surface area contributed by atoms with Crippen molar-refractivity contribution in [2.45, 2.75) is 19.0 Å². The van der Waals surface area contributed by atoms with Crippen molar-refractivity contribution in [3.8, 4) is 11.3 Å². The molecule has 1 amide bonds. The Kier molecular flexibility index (Phi) is 5.34. The maximum atomic E-state index is 13.2. The predicted molar refractivity (Wildman–Crippen MR) is 122 cm³/mol. The molecule has 5 rings (SSSR count). The Balaban J connectivity index is 1.47. The van der Waals surface area contributed by atoms with E-state index in [1.165, 1.54) is 9.47 Å². The number of alkyl halides is 3. The first-order chi connectivity index (χ1) is 16.2. The Bertz CT molecular complexity index is 1480. The summed E-state index contributed by atoms with van der Waals surface area (Å²) in [6.07, 6.45) is -0.643. The lowest BCUT2D eigenvalue weighted by Gasteiger charge is -2.33. The molecule has 2 aromatic heterocycles. The van der Waals surface area contributed by atoms with Crippen LogP contribution in [-0.4, -0.2) is 44.6 Å². The van der Waals surface area contributed by atoms with Crippen LogP contribution in [-0.2, 0) is 7.05 Å². The largest absolute Gasteiger partial charge is 0.393 e. The molecule has 4 aromatic rings. The molecule has 1 aliphatic rings. The monoisotopic (exact) mass is 466 g/mol. The fraction of sp³-hybridized carbons (Fsp3) is 0.280. The van der Waals surface area contributed by atoms with Gasteiger partial charge in [0.25, 0.3) is 11.5 Å². The third kappa shape index (κ3) is 4.02. The lowest BCUT2D eigenvalue weighted by atomic mass is 9.97. The topological polar surface area (TPSA) is 68.1 Å². The molecule has 174 valence electrons. The molecule has 1 saturated heterocycles. The number of hydrogen-bond donors (Lipinski definition) is 0. The second kappa shape index (κ2) is 8.23. The molecule has 0 spiro atoms. The third-order valence-corrected chi connectivity index (χ3v) is 6.34. The van der Waals surface area contributed by atoms with Gasteiger partial charge in [0, 0.05) is 42.8 Å². The quantitative estimate of drug-likeness (QED) is 0.434. The maximum Gasteiger partial charge on any atom is 0.393 e. The van der Waals surface area contributed by atoms with Gasteiger partial charge in [-0.2, -0.15) is 13.2 Å². The van der Waals surface area contributed by atoms with E-state index in [-0.39, 0.29) is 24.1 Å². The molecule has 0 radical (unpaired) electrons. The lowest BCUT2D eigenvalue weighted by molar-refractivity contribution is -0.184. The number of aromatic nitrogens is 3. The minimum atomic E-state index is -4.31. The number of likely N-dealkylation sites (tertiary alicyclic amines) is 1. The Morgan fingerprint density at radius 2 is 1.91 bits per heavy atom. The number of carbonyl (C=O) groups excluding carboxylic acids is 1. The first-order valence-corrected chi connectivity index (χ1v) is 10.9. The zero-order valence-electron chi connectivity index (χ0n) is 18.3. The van der Waals surface area contributed by atoms with Gasteiger partial charge in [0.1, 0.15) is 0 Å². The smallest absolute Gasteiger partial charge is 0.338 e. The molecule has 9 heteroatoms. The number of pyridine rings is 1. The average Bonchev–Trinajstić information content (AvgIpc) is 2.84. The molecule has 1 aliphatic heterocycles. The summed E-state index contributed by atoms with van der Waals surface area (Å²) in [7, 11) is 1.69. The van der Waals surface area contributed by atoms with Crippen LogP contribution in [0.15, 0.2) is 59.7 Å². The van der Waals surface area contributed by atoms with E-state index in [2.05, 4.69) is 9.97 Å². The molecule has 1 fully saturated rings. The molecule has 0 bridgehead atoms. The Morgan fingerprint density at radius 1 is 1.09 bits per heavy atom. The van der Waals surface area contributed by atoms with Crippen LogP contribution in [0.3, 0.4) is 0 Å². The van der Waals surface area contributed by atoms with Crippen LogP contribution in [0.25, 0.3) is 33.1 Å². The number of amides is 1. The number of nitrogens with zero attached hydrogens (tertiary/aromatic N) is 4. The van der Waals surface area contributed by atoms with Crippen molar-refractivity contribution in [2.24, 2.45) is 13.0 Å². The SMILES string of the molecule is Cn1ccc2cc(-c3cnc4ccc(C(=O)N5CCC[C@H](C(F)(F)F)C5)cc4n3)ccc2c1=O. The molecule has 2 aromatic carbocycles. The van der Waals surface area contributed by atoms with Crippen LogP contribution >= 0.6 is 0 Å². The standard InChI is InChI=1S/C25H21F3N4O2/c1-31-10-8-15-11-16(4-6-19(15)24(31)34)22-13-29-20-7-5-17(12-21(20)30-22)23(33)32-9-2-3-18(14-32)25(26,27)28/h4-8,10-13,18H,2-3,9,14H2,1H3/t18-/m0/s1. The van der Waals surface area contributed by atoms with Gasteiger partial charge in [0.15, 0.2) is 0 Å². The zero-order chi connectivity index (χ0) is 24.0. The van der Waals surface area contributed by atoms with Gasteiger partial charge < -0.3 is 9.47 Å². The summed E-state index contributed by atoms with van der Waals surface area (Å²) in [6.45, 7) is -0.0334. The highest BCUT2D eigenvalue weighted by atomic mass is 19.4. The Labute approximate surface area is 192 Å². The van der Waals surface area contributed by atoms with Gasteiger partial charge in [-0.1, -0.05) is 6.07 Å². The summed E-state index contributed by atoms with van der Waals surface area (Å²) in [6, 6.07) is 12.0. The van der Waals surface area contributed by atoms with Crippen molar-refractivity contribution in [1.29, 1.82) is 0 Å². The molecular weight excluding hydrogens is 445 g/mol. The number of benzene rings is 2. The van der Waals surface area contributed by atoms with E-state index in [4.69, 9.17) is 0 Å². The molecular formula is C25H21F3N4O2.